The fourth-order valence-electron chi connectivity index (χ4n) is 3.65. The molecule has 1 saturated heterocycles. The van der Waals surface area contributed by atoms with E-state index in [0.717, 1.165) is 5.75 Å². The standard InChI is InChI=1S/C17H21NO4/c1-15(2)16(3)9-10-17(15,22-14(16)20)13(19)18-11-5-7-12(21-4)8-6-11/h5-8H,9-10H2,1-4H3,(H,18,19). The topological polar surface area (TPSA) is 64.6 Å². The van der Waals surface area contributed by atoms with E-state index in [2.05, 4.69) is 5.32 Å². The molecule has 1 aromatic rings. The number of carbonyl (C=O) groups excluding carboxylic acids is 2. The molecule has 2 aliphatic rings. The fraction of sp³-hybridized carbons (Fsp3) is 0.529. The van der Waals surface area contributed by atoms with Gasteiger partial charge in [0, 0.05) is 11.1 Å². The summed E-state index contributed by atoms with van der Waals surface area (Å²) in [6, 6.07) is 7.09. The molecule has 2 unspecified atom stereocenters. The summed E-state index contributed by atoms with van der Waals surface area (Å²) in [5.74, 6) is 0.197. The number of ether oxygens (including phenoxy) is 2. The lowest BCUT2D eigenvalue weighted by atomic mass is 9.66. The molecular formula is C17H21NO4. The van der Waals surface area contributed by atoms with Gasteiger partial charge in [0.05, 0.1) is 12.5 Å². The van der Waals surface area contributed by atoms with Crippen molar-refractivity contribution in [2.75, 3.05) is 12.4 Å². The minimum absolute atomic E-state index is 0.253. The fourth-order valence-corrected chi connectivity index (χ4v) is 3.65. The lowest BCUT2D eigenvalue weighted by Crippen LogP contribution is -2.50. The van der Waals surface area contributed by atoms with Crippen molar-refractivity contribution in [1.82, 2.24) is 0 Å². The molecule has 1 aliphatic heterocycles. The number of nitrogens with one attached hydrogen (secondary N) is 1. The first kappa shape index (κ1) is 14.9. The number of fused-ring (bicyclic) bond motifs is 2. The van der Waals surface area contributed by atoms with E-state index in [1.54, 1.807) is 31.4 Å². The molecule has 1 aromatic carbocycles. The molecule has 5 heteroatoms. The molecule has 2 atom stereocenters. The van der Waals surface area contributed by atoms with Gasteiger partial charge in [-0.1, -0.05) is 13.8 Å². The summed E-state index contributed by atoms with van der Waals surface area (Å²) >= 11 is 0. The average Bonchev–Trinajstić information content (AvgIpc) is 2.78. The third-order valence-corrected chi connectivity index (χ3v) is 5.80. The van der Waals surface area contributed by atoms with E-state index >= 15 is 0 Å². The molecule has 5 nitrogen and oxygen atoms in total. The Bertz CT molecular complexity index is 637. The van der Waals surface area contributed by atoms with Gasteiger partial charge in [0.25, 0.3) is 5.91 Å². The van der Waals surface area contributed by atoms with Crippen LogP contribution in [-0.2, 0) is 14.3 Å². The lowest BCUT2D eigenvalue weighted by Gasteiger charge is -2.35. The van der Waals surface area contributed by atoms with Crippen LogP contribution in [0.15, 0.2) is 24.3 Å². The van der Waals surface area contributed by atoms with Gasteiger partial charge >= 0.3 is 5.97 Å². The van der Waals surface area contributed by atoms with Crippen LogP contribution in [0, 0.1) is 10.8 Å². The van der Waals surface area contributed by atoms with Crippen molar-refractivity contribution in [2.45, 2.75) is 39.2 Å². The predicted molar refractivity (Wildman–Crippen MR) is 81.6 cm³/mol. The van der Waals surface area contributed by atoms with E-state index < -0.39 is 16.4 Å². The van der Waals surface area contributed by atoms with E-state index in [-0.39, 0.29) is 11.9 Å². The van der Waals surface area contributed by atoms with Gasteiger partial charge in [0.2, 0.25) is 0 Å². The normalized spacial score (nSPS) is 31.7. The molecule has 1 N–H and O–H groups in total. The first-order valence-electron chi connectivity index (χ1n) is 7.46. The Morgan fingerprint density at radius 1 is 1.18 bits per heavy atom. The number of amides is 1. The van der Waals surface area contributed by atoms with Crippen molar-refractivity contribution < 1.29 is 19.1 Å². The smallest absolute Gasteiger partial charge is 0.313 e. The van der Waals surface area contributed by atoms with Gasteiger partial charge in [-0.2, -0.15) is 0 Å². The van der Waals surface area contributed by atoms with Crippen molar-refractivity contribution in [3.05, 3.63) is 24.3 Å². The molecule has 1 saturated carbocycles. The molecule has 0 aromatic heterocycles. The Balaban J connectivity index is 1.87. The number of carbonyl (C=O) groups is 2. The second kappa shape index (κ2) is 4.48. The summed E-state index contributed by atoms with van der Waals surface area (Å²) in [5.41, 5.74) is -1.55. The van der Waals surface area contributed by atoms with Crippen molar-refractivity contribution >= 4 is 17.6 Å². The molecule has 0 spiro atoms. The van der Waals surface area contributed by atoms with E-state index in [0.29, 0.717) is 18.5 Å². The largest absolute Gasteiger partial charge is 0.497 e. The Hall–Kier alpha value is -2.04. The second-order valence-corrected chi connectivity index (χ2v) is 6.86. The van der Waals surface area contributed by atoms with Gasteiger partial charge in [-0.3, -0.25) is 9.59 Å². The van der Waals surface area contributed by atoms with Crippen LogP contribution in [0.25, 0.3) is 0 Å². The van der Waals surface area contributed by atoms with Gasteiger partial charge in [0.15, 0.2) is 5.60 Å². The highest BCUT2D eigenvalue weighted by Crippen LogP contribution is 2.65. The zero-order valence-corrected chi connectivity index (χ0v) is 13.4. The predicted octanol–water partition coefficient (Wildman–Crippen LogP) is 2.76. The van der Waals surface area contributed by atoms with Gasteiger partial charge in [-0.25, -0.2) is 0 Å². The minimum atomic E-state index is -1.08. The van der Waals surface area contributed by atoms with Gasteiger partial charge in [-0.15, -0.1) is 0 Å². The molecular weight excluding hydrogens is 282 g/mol. The summed E-state index contributed by atoms with van der Waals surface area (Å²) in [4.78, 5) is 25.0. The monoisotopic (exact) mass is 303 g/mol. The number of rotatable bonds is 3. The van der Waals surface area contributed by atoms with E-state index in [1.807, 2.05) is 20.8 Å². The van der Waals surface area contributed by atoms with Crippen LogP contribution in [0.1, 0.15) is 33.6 Å². The molecule has 118 valence electrons. The zero-order valence-electron chi connectivity index (χ0n) is 13.4. The van der Waals surface area contributed by atoms with Crippen LogP contribution in [-0.4, -0.2) is 24.6 Å². The SMILES string of the molecule is COc1ccc(NC(=O)C23CCC(C)(C(=O)O2)C3(C)C)cc1. The third-order valence-electron chi connectivity index (χ3n) is 5.80. The van der Waals surface area contributed by atoms with Crippen LogP contribution in [0.2, 0.25) is 0 Å². The molecule has 1 heterocycles. The van der Waals surface area contributed by atoms with Crippen LogP contribution in [0.4, 0.5) is 5.69 Å². The highest BCUT2D eigenvalue weighted by atomic mass is 16.6. The first-order valence-corrected chi connectivity index (χ1v) is 7.46. The molecule has 3 rings (SSSR count). The van der Waals surface area contributed by atoms with Gasteiger partial charge in [-0.05, 0) is 44.0 Å². The summed E-state index contributed by atoms with van der Waals surface area (Å²) in [7, 11) is 1.59. The second-order valence-electron chi connectivity index (χ2n) is 6.86. The molecule has 0 radical (unpaired) electrons. The number of esters is 1. The van der Waals surface area contributed by atoms with Crippen LogP contribution in [0.3, 0.4) is 0 Å². The summed E-state index contributed by atoms with van der Waals surface area (Å²) in [5, 5.41) is 2.88. The van der Waals surface area contributed by atoms with E-state index in [9.17, 15) is 9.59 Å². The van der Waals surface area contributed by atoms with Crippen molar-refractivity contribution in [1.29, 1.82) is 0 Å². The molecule has 1 aliphatic carbocycles. The van der Waals surface area contributed by atoms with Crippen molar-refractivity contribution in [3.63, 3.8) is 0 Å². The number of benzene rings is 1. The molecule has 2 bridgehead atoms. The number of hydrogen-bond acceptors (Lipinski definition) is 4. The Morgan fingerprint density at radius 3 is 2.27 bits per heavy atom. The third kappa shape index (κ3) is 1.65. The van der Waals surface area contributed by atoms with Gasteiger partial charge < -0.3 is 14.8 Å². The highest BCUT2D eigenvalue weighted by molar-refractivity contribution is 6.03. The van der Waals surface area contributed by atoms with Crippen molar-refractivity contribution in [2.24, 2.45) is 10.8 Å². The maximum atomic E-state index is 12.8. The maximum absolute atomic E-state index is 12.8. The number of anilines is 1. The number of methoxy groups -OCH3 is 1. The molecule has 1 amide bonds. The lowest BCUT2D eigenvalue weighted by molar-refractivity contribution is -0.165. The Kier molecular flexibility index (Phi) is 3.03. The average molecular weight is 303 g/mol. The quantitative estimate of drug-likeness (QED) is 0.872. The maximum Gasteiger partial charge on any atom is 0.313 e. The van der Waals surface area contributed by atoms with Crippen LogP contribution in [0.5, 0.6) is 5.75 Å². The van der Waals surface area contributed by atoms with Crippen LogP contribution >= 0.6 is 0 Å². The van der Waals surface area contributed by atoms with Gasteiger partial charge in [0.1, 0.15) is 5.75 Å². The summed E-state index contributed by atoms with van der Waals surface area (Å²) in [6.45, 7) is 5.78. The first-order chi connectivity index (χ1) is 10.3. The van der Waals surface area contributed by atoms with E-state index in [1.165, 1.54) is 0 Å². The Morgan fingerprint density at radius 2 is 1.82 bits per heavy atom. The zero-order chi connectivity index (χ0) is 16.2. The highest BCUT2D eigenvalue weighted by Gasteiger charge is 2.75. The van der Waals surface area contributed by atoms with Crippen molar-refractivity contribution in [3.8, 4) is 5.75 Å². The van der Waals surface area contributed by atoms with E-state index in [4.69, 9.17) is 9.47 Å². The van der Waals surface area contributed by atoms with Crippen LogP contribution < -0.4 is 10.1 Å². The summed E-state index contributed by atoms with van der Waals surface area (Å²) in [6.07, 6.45) is 1.24. The number of hydrogen-bond donors (Lipinski definition) is 1. The molecule has 22 heavy (non-hydrogen) atoms. The molecule has 2 fully saturated rings. The summed E-state index contributed by atoms with van der Waals surface area (Å²) < 4.78 is 10.7. The minimum Gasteiger partial charge on any atom is -0.497 e. The Labute approximate surface area is 130 Å².